The fourth-order valence-electron chi connectivity index (χ4n) is 13.2. The summed E-state index contributed by atoms with van der Waals surface area (Å²) in [5.41, 5.74) is 12.6. The van der Waals surface area contributed by atoms with E-state index in [0.717, 1.165) is 106 Å². The smallest absolute Gasteiger partial charge is 0.164 e. The number of hydrogen-bond donors (Lipinski definition) is 0. The van der Waals surface area contributed by atoms with Crippen LogP contribution in [0.1, 0.15) is 44.1 Å². The normalized spacial score (nSPS) is 19.9. The molecule has 68 heavy (non-hydrogen) atoms. The highest BCUT2D eigenvalue weighted by Crippen LogP contribution is 2.61. The van der Waals surface area contributed by atoms with Crippen LogP contribution in [0, 0.1) is 17.8 Å². The predicted molar refractivity (Wildman–Crippen MR) is 276 cm³/mol. The Morgan fingerprint density at radius 3 is 1.22 bits per heavy atom. The summed E-state index contributed by atoms with van der Waals surface area (Å²) in [4.78, 5) is 16.1. The average molecular weight is 876 g/mol. The summed E-state index contributed by atoms with van der Waals surface area (Å²) in [7, 11) is 0. The maximum Gasteiger partial charge on any atom is 0.164 e. The van der Waals surface area contributed by atoms with Gasteiger partial charge in [0.2, 0.25) is 0 Å². The first-order chi connectivity index (χ1) is 33.5. The number of aromatic nitrogens is 3. The van der Waals surface area contributed by atoms with Crippen molar-refractivity contribution in [2.45, 2.75) is 43.9 Å². The topological polar surface area (TPSA) is 65.0 Å². The first kappa shape index (κ1) is 38.2. The minimum Gasteiger partial charge on any atom is -0.456 e. The summed E-state index contributed by atoms with van der Waals surface area (Å²) in [6, 6.07) is 65.3. The second-order valence-corrected chi connectivity index (χ2v) is 20.3. The molecule has 0 amide bonds. The Bertz CT molecular complexity index is 3810. The predicted octanol–water partition coefficient (Wildman–Crippen LogP) is 16.8. The molecule has 4 bridgehead atoms. The number of rotatable bonds is 6. The SMILES string of the molecule is c1ccc(-c2cc(-c3ccc(C45CC6CC(CC(C6)C4)C5)cc3)cc(-c3nc(-c4ccc5oc6cc7ccccc7cc6c5c4)nc(-c4ccc5oc6cc7ccccc7cc6c5c4)n3)c2)cc1. The molecule has 4 fully saturated rings. The Hall–Kier alpha value is -7.89. The van der Waals surface area contributed by atoms with Crippen LogP contribution in [0.4, 0.5) is 0 Å². The van der Waals surface area contributed by atoms with E-state index >= 15 is 0 Å². The summed E-state index contributed by atoms with van der Waals surface area (Å²) in [5.74, 6) is 4.52. The molecule has 0 saturated heterocycles. The molecular formula is C63H45N3O2. The van der Waals surface area contributed by atoms with Crippen molar-refractivity contribution in [3.8, 4) is 56.4 Å². The van der Waals surface area contributed by atoms with Crippen LogP contribution in [0.3, 0.4) is 0 Å². The van der Waals surface area contributed by atoms with Crippen LogP contribution >= 0.6 is 0 Å². The van der Waals surface area contributed by atoms with E-state index in [9.17, 15) is 0 Å². The van der Waals surface area contributed by atoms with Gasteiger partial charge in [-0.3, -0.25) is 0 Å². The Morgan fingerprint density at radius 2 is 0.721 bits per heavy atom. The zero-order chi connectivity index (χ0) is 44.5. The molecule has 0 aliphatic heterocycles. The molecule has 12 aromatic rings. The van der Waals surface area contributed by atoms with Crippen molar-refractivity contribution < 1.29 is 8.83 Å². The lowest BCUT2D eigenvalue weighted by Gasteiger charge is -2.57. The third-order valence-electron chi connectivity index (χ3n) is 16.0. The van der Waals surface area contributed by atoms with Crippen molar-refractivity contribution >= 4 is 65.4 Å². The molecule has 324 valence electrons. The number of benzene rings is 9. The Morgan fingerprint density at radius 1 is 0.324 bits per heavy atom. The molecule has 0 spiro atoms. The van der Waals surface area contributed by atoms with Gasteiger partial charge in [-0.05, 0) is 190 Å². The van der Waals surface area contributed by atoms with E-state index in [0.29, 0.717) is 22.9 Å². The van der Waals surface area contributed by atoms with Crippen molar-refractivity contribution in [1.82, 2.24) is 15.0 Å². The average Bonchev–Trinajstić information content (AvgIpc) is 3.93. The molecule has 3 aromatic heterocycles. The van der Waals surface area contributed by atoms with Gasteiger partial charge in [-0.15, -0.1) is 0 Å². The van der Waals surface area contributed by atoms with E-state index in [2.05, 4.69) is 170 Å². The molecule has 16 rings (SSSR count). The van der Waals surface area contributed by atoms with Crippen LogP contribution in [0.15, 0.2) is 191 Å². The molecule has 0 atom stereocenters. The van der Waals surface area contributed by atoms with Crippen LogP contribution < -0.4 is 0 Å². The van der Waals surface area contributed by atoms with E-state index in [-0.39, 0.29) is 0 Å². The zero-order valence-electron chi connectivity index (χ0n) is 37.5. The largest absolute Gasteiger partial charge is 0.456 e. The van der Waals surface area contributed by atoms with E-state index in [1.54, 1.807) is 0 Å². The lowest BCUT2D eigenvalue weighted by Crippen LogP contribution is -2.48. The van der Waals surface area contributed by atoms with Gasteiger partial charge in [-0.25, -0.2) is 15.0 Å². The van der Waals surface area contributed by atoms with Crippen molar-refractivity contribution in [2.24, 2.45) is 17.8 Å². The van der Waals surface area contributed by atoms with E-state index in [1.165, 1.54) is 60.4 Å². The monoisotopic (exact) mass is 875 g/mol. The standard InChI is InChI=1S/C63H45N3O2/c1-2-8-40(9-3-1)48-25-49(41-14-18-51(19-15-41)63-34-37-22-38(35-63)24-39(23-37)36-63)27-50(26-48)62-65-60(46-16-20-56-52(30-46)54-28-42-10-4-6-12-44(42)32-58(54)67-56)64-61(66-62)47-17-21-57-53(31-47)55-29-43-11-5-7-13-45(43)33-59(55)68-57/h1-21,25-33,37-39H,22-24,34-36H2. The minimum atomic E-state index is 0.348. The molecule has 0 N–H and O–H groups in total. The van der Waals surface area contributed by atoms with Crippen LogP contribution in [0.25, 0.3) is 122 Å². The van der Waals surface area contributed by atoms with Gasteiger partial charge in [-0.1, -0.05) is 103 Å². The highest BCUT2D eigenvalue weighted by Gasteiger charge is 2.51. The quantitative estimate of drug-likeness (QED) is 0.166. The van der Waals surface area contributed by atoms with Crippen molar-refractivity contribution in [2.75, 3.05) is 0 Å². The van der Waals surface area contributed by atoms with Gasteiger partial charge in [0, 0.05) is 38.2 Å². The summed E-state index contributed by atoms with van der Waals surface area (Å²) >= 11 is 0. The maximum atomic E-state index is 6.45. The third-order valence-corrected chi connectivity index (χ3v) is 16.0. The lowest BCUT2D eigenvalue weighted by atomic mass is 9.48. The fraction of sp³-hybridized carbons (Fsp3) is 0.159. The van der Waals surface area contributed by atoms with Gasteiger partial charge in [0.15, 0.2) is 17.5 Å². The molecule has 4 aliphatic rings. The zero-order valence-corrected chi connectivity index (χ0v) is 37.5. The van der Waals surface area contributed by atoms with Crippen LogP contribution in [0.2, 0.25) is 0 Å². The van der Waals surface area contributed by atoms with Gasteiger partial charge >= 0.3 is 0 Å². The van der Waals surface area contributed by atoms with E-state index in [1.807, 2.05) is 12.1 Å². The van der Waals surface area contributed by atoms with E-state index in [4.69, 9.17) is 23.8 Å². The summed E-state index contributed by atoms with van der Waals surface area (Å²) in [6.45, 7) is 0. The third kappa shape index (κ3) is 6.18. The fourth-order valence-corrected chi connectivity index (χ4v) is 13.2. The van der Waals surface area contributed by atoms with Gasteiger partial charge in [0.05, 0.1) is 0 Å². The molecule has 9 aromatic carbocycles. The number of nitrogens with zero attached hydrogens (tertiary/aromatic N) is 3. The second-order valence-electron chi connectivity index (χ2n) is 20.3. The van der Waals surface area contributed by atoms with E-state index < -0.39 is 0 Å². The molecule has 5 nitrogen and oxygen atoms in total. The molecule has 4 saturated carbocycles. The first-order valence-corrected chi connectivity index (χ1v) is 24.3. The Kier molecular flexibility index (Phi) is 8.18. The van der Waals surface area contributed by atoms with Gasteiger partial charge < -0.3 is 8.83 Å². The van der Waals surface area contributed by atoms with Crippen LogP contribution in [-0.4, -0.2) is 15.0 Å². The lowest BCUT2D eigenvalue weighted by molar-refractivity contribution is -0.00518. The summed E-state index contributed by atoms with van der Waals surface area (Å²) in [6.07, 6.45) is 8.42. The van der Waals surface area contributed by atoms with Gasteiger partial charge in [0.25, 0.3) is 0 Å². The Balaban J connectivity index is 0.908. The molecule has 5 heteroatoms. The van der Waals surface area contributed by atoms with Crippen molar-refractivity contribution in [1.29, 1.82) is 0 Å². The highest BCUT2D eigenvalue weighted by atomic mass is 16.3. The molecule has 0 radical (unpaired) electrons. The first-order valence-electron chi connectivity index (χ1n) is 24.3. The molecular weight excluding hydrogens is 831 g/mol. The van der Waals surface area contributed by atoms with Crippen LogP contribution in [-0.2, 0) is 5.41 Å². The number of furan rings is 2. The second kappa shape index (κ2) is 14.6. The van der Waals surface area contributed by atoms with Gasteiger partial charge in [-0.2, -0.15) is 0 Å². The Labute approximate surface area is 393 Å². The molecule has 0 unspecified atom stereocenters. The summed E-state index contributed by atoms with van der Waals surface area (Å²) in [5, 5.41) is 8.82. The maximum absolute atomic E-state index is 6.45. The van der Waals surface area contributed by atoms with Crippen molar-refractivity contribution in [3.63, 3.8) is 0 Å². The molecule has 4 aliphatic carbocycles. The summed E-state index contributed by atoms with van der Waals surface area (Å²) < 4.78 is 12.9. The highest BCUT2D eigenvalue weighted by molar-refractivity contribution is 6.12. The molecule has 3 heterocycles. The van der Waals surface area contributed by atoms with Gasteiger partial charge in [0.1, 0.15) is 22.3 Å². The number of hydrogen-bond acceptors (Lipinski definition) is 5. The number of fused-ring (bicyclic) bond motifs is 8. The van der Waals surface area contributed by atoms with Crippen LogP contribution in [0.5, 0.6) is 0 Å². The minimum absolute atomic E-state index is 0.348. The van der Waals surface area contributed by atoms with Crippen molar-refractivity contribution in [3.05, 3.63) is 188 Å².